The van der Waals surface area contributed by atoms with Crippen molar-refractivity contribution in [3.8, 4) is 0 Å². The molecule has 2 fully saturated rings. The van der Waals surface area contributed by atoms with Gasteiger partial charge in [0.25, 0.3) is 0 Å². The fourth-order valence-electron chi connectivity index (χ4n) is 4.54. The maximum atomic E-state index is 4.99. The van der Waals surface area contributed by atoms with Gasteiger partial charge in [-0.15, -0.1) is 0 Å². The van der Waals surface area contributed by atoms with Crippen LogP contribution in [0.1, 0.15) is 36.9 Å². The number of piperazine rings is 1. The summed E-state index contributed by atoms with van der Waals surface area (Å²) in [5, 5.41) is 4.99. The number of hydrogen-bond donors (Lipinski definition) is 0. The molecule has 1 radical (unpaired) electrons. The quantitative estimate of drug-likeness (QED) is 0.839. The van der Waals surface area contributed by atoms with Gasteiger partial charge in [0, 0.05) is 26.2 Å². The number of rotatable bonds is 4. The van der Waals surface area contributed by atoms with Crippen molar-refractivity contribution in [2.24, 2.45) is 5.92 Å². The van der Waals surface area contributed by atoms with E-state index in [-0.39, 0.29) is 0 Å². The standard InChI is InChI=1S/C23H30N3/c1-19-9-8-15-25(17-19)22-18-26(16-14-24-22)23(20-10-4-2-5-11-20)21-12-6-3-7-13-21/h2-7,10-13,19,22-23H,8-9,14-18H2,1H3. The Morgan fingerprint density at radius 2 is 1.54 bits per heavy atom. The van der Waals surface area contributed by atoms with Crippen LogP contribution in [-0.2, 0) is 0 Å². The minimum atomic E-state index is 0.317. The zero-order valence-corrected chi connectivity index (χ0v) is 15.8. The monoisotopic (exact) mass is 348 g/mol. The molecule has 2 atom stereocenters. The van der Waals surface area contributed by atoms with E-state index < -0.39 is 0 Å². The molecule has 0 saturated carbocycles. The molecule has 2 aromatic carbocycles. The van der Waals surface area contributed by atoms with Gasteiger partial charge in [-0.3, -0.25) is 9.80 Å². The predicted molar refractivity (Wildman–Crippen MR) is 107 cm³/mol. The van der Waals surface area contributed by atoms with Crippen LogP contribution in [0.4, 0.5) is 0 Å². The highest BCUT2D eigenvalue weighted by atomic mass is 15.3. The summed E-state index contributed by atoms with van der Waals surface area (Å²) in [5.41, 5.74) is 2.76. The molecule has 3 nitrogen and oxygen atoms in total. The first-order valence-corrected chi connectivity index (χ1v) is 10.1. The van der Waals surface area contributed by atoms with E-state index in [1.54, 1.807) is 0 Å². The Morgan fingerprint density at radius 3 is 2.15 bits per heavy atom. The smallest absolute Gasteiger partial charge is 0.0890 e. The van der Waals surface area contributed by atoms with E-state index in [0.717, 1.165) is 25.6 Å². The van der Waals surface area contributed by atoms with Crippen molar-refractivity contribution in [1.29, 1.82) is 0 Å². The Hall–Kier alpha value is -1.68. The summed E-state index contributed by atoms with van der Waals surface area (Å²) in [6, 6.07) is 22.2. The van der Waals surface area contributed by atoms with Crippen LogP contribution in [0.25, 0.3) is 0 Å². The molecule has 137 valence electrons. The average Bonchev–Trinajstić information content (AvgIpc) is 2.70. The molecule has 3 heteroatoms. The van der Waals surface area contributed by atoms with E-state index in [4.69, 9.17) is 5.32 Å². The molecule has 2 aromatic rings. The van der Waals surface area contributed by atoms with Crippen LogP contribution in [0.15, 0.2) is 60.7 Å². The van der Waals surface area contributed by atoms with Gasteiger partial charge in [0.15, 0.2) is 0 Å². The molecule has 0 N–H and O–H groups in total. The molecule has 26 heavy (non-hydrogen) atoms. The van der Waals surface area contributed by atoms with Gasteiger partial charge < -0.3 is 0 Å². The van der Waals surface area contributed by atoms with Crippen LogP contribution < -0.4 is 5.32 Å². The number of benzene rings is 2. The summed E-state index contributed by atoms with van der Waals surface area (Å²) in [6.45, 7) is 7.78. The normalized spacial score (nSPS) is 25.5. The molecule has 2 aliphatic heterocycles. The molecule has 0 spiro atoms. The Bertz CT molecular complexity index is 633. The molecule has 4 rings (SSSR count). The highest BCUT2D eigenvalue weighted by molar-refractivity contribution is 5.32. The van der Waals surface area contributed by atoms with E-state index in [0.29, 0.717) is 12.2 Å². The molecule has 0 amide bonds. The number of piperidine rings is 1. The predicted octanol–water partition coefficient (Wildman–Crippen LogP) is 3.75. The molecule has 2 saturated heterocycles. The van der Waals surface area contributed by atoms with E-state index in [1.165, 1.54) is 37.1 Å². The topological polar surface area (TPSA) is 20.6 Å². The van der Waals surface area contributed by atoms with Crippen LogP contribution in [0, 0.1) is 5.92 Å². The first-order valence-electron chi connectivity index (χ1n) is 10.1. The molecule has 2 heterocycles. The van der Waals surface area contributed by atoms with Crippen LogP contribution in [0.3, 0.4) is 0 Å². The third kappa shape index (κ3) is 4.01. The van der Waals surface area contributed by atoms with Crippen LogP contribution >= 0.6 is 0 Å². The van der Waals surface area contributed by atoms with Crippen LogP contribution in [0.2, 0.25) is 0 Å². The van der Waals surface area contributed by atoms with Crippen molar-refractivity contribution in [3.05, 3.63) is 71.8 Å². The first kappa shape index (κ1) is 17.7. The largest absolute Gasteiger partial charge is 0.288 e. The van der Waals surface area contributed by atoms with Gasteiger partial charge in [-0.05, 0) is 36.4 Å². The van der Waals surface area contributed by atoms with Gasteiger partial charge in [0.1, 0.15) is 0 Å². The maximum Gasteiger partial charge on any atom is 0.0890 e. The zero-order chi connectivity index (χ0) is 17.8. The molecule has 2 aliphatic rings. The lowest BCUT2D eigenvalue weighted by atomic mass is 9.95. The fourth-order valence-corrected chi connectivity index (χ4v) is 4.54. The maximum absolute atomic E-state index is 4.99. The van der Waals surface area contributed by atoms with Gasteiger partial charge in [-0.1, -0.05) is 67.6 Å². The van der Waals surface area contributed by atoms with E-state index in [2.05, 4.69) is 77.4 Å². The molecule has 0 aliphatic carbocycles. The van der Waals surface area contributed by atoms with Crippen LogP contribution in [-0.4, -0.2) is 48.7 Å². The van der Waals surface area contributed by atoms with Crippen molar-refractivity contribution in [1.82, 2.24) is 15.1 Å². The second-order valence-corrected chi connectivity index (χ2v) is 7.85. The Kier molecular flexibility index (Phi) is 5.68. The fraction of sp³-hybridized carbons (Fsp3) is 0.478. The third-order valence-electron chi connectivity index (χ3n) is 5.83. The van der Waals surface area contributed by atoms with Crippen molar-refractivity contribution in [2.75, 3.05) is 32.7 Å². The minimum absolute atomic E-state index is 0.317. The van der Waals surface area contributed by atoms with Crippen molar-refractivity contribution < 1.29 is 0 Å². The third-order valence-corrected chi connectivity index (χ3v) is 5.83. The van der Waals surface area contributed by atoms with Gasteiger partial charge in [0.2, 0.25) is 0 Å². The molecule has 2 unspecified atom stereocenters. The second-order valence-electron chi connectivity index (χ2n) is 7.85. The lowest BCUT2D eigenvalue weighted by Gasteiger charge is -2.44. The van der Waals surface area contributed by atoms with Crippen molar-refractivity contribution >= 4 is 0 Å². The van der Waals surface area contributed by atoms with Gasteiger partial charge >= 0.3 is 0 Å². The summed E-state index contributed by atoms with van der Waals surface area (Å²) < 4.78 is 0. The second kappa shape index (κ2) is 8.34. The molecular formula is C23H30N3. The van der Waals surface area contributed by atoms with Gasteiger partial charge in [0.05, 0.1) is 12.2 Å². The minimum Gasteiger partial charge on any atom is -0.288 e. The Labute approximate surface area is 158 Å². The highest BCUT2D eigenvalue weighted by Gasteiger charge is 2.32. The SMILES string of the molecule is CC1CCCN(C2CN(C(c3ccccc3)c3ccccc3)CC[N]2)C1. The van der Waals surface area contributed by atoms with E-state index in [1.807, 2.05) is 0 Å². The lowest BCUT2D eigenvalue weighted by molar-refractivity contribution is 0.0406. The average molecular weight is 349 g/mol. The number of likely N-dealkylation sites (tertiary alicyclic amines) is 1. The number of hydrogen-bond acceptors (Lipinski definition) is 2. The highest BCUT2D eigenvalue weighted by Crippen LogP contribution is 2.30. The van der Waals surface area contributed by atoms with E-state index >= 15 is 0 Å². The lowest BCUT2D eigenvalue weighted by Crippen LogP contribution is -2.57. The molecule has 0 aromatic heterocycles. The molecular weight excluding hydrogens is 318 g/mol. The van der Waals surface area contributed by atoms with Gasteiger partial charge in [-0.2, -0.15) is 0 Å². The van der Waals surface area contributed by atoms with Crippen molar-refractivity contribution in [2.45, 2.75) is 32.0 Å². The number of nitrogens with zero attached hydrogens (tertiary/aromatic N) is 3. The summed E-state index contributed by atoms with van der Waals surface area (Å²) >= 11 is 0. The summed E-state index contributed by atoms with van der Waals surface area (Å²) in [4.78, 5) is 5.26. The van der Waals surface area contributed by atoms with Crippen molar-refractivity contribution in [3.63, 3.8) is 0 Å². The Balaban J connectivity index is 1.57. The summed E-state index contributed by atoms with van der Waals surface area (Å²) in [7, 11) is 0. The van der Waals surface area contributed by atoms with Gasteiger partial charge in [-0.25, -0.2) is 5.32 Å². The first-order chi connectivity index (χ1) is 12.8. The van der Waals surface area contributed by atoms with E-state index in [9.17, 15) is 0 Å². The summed E-state index contributed by atoms with van der Waals surface area (Å²) in [6.07, 6.45) is 3.03. The molecule has 0 bridgehead atoms. The summed E-state index contributed by atoms with van der Waals surface area (Å²) in [5.74, 6) is 0.799. The van der Waals surface area contributed by atoms with Crippen LogP contribution in [0.5, 0.6) is 0 Å². The zero-order valence-electron chi connectivity index (χ0n) is 15.8. The Morgan fingerprint density at radius 1 is 0.885 bits per heavy atom.